The van der Waals surface area contributed by atoms with Crippen molar-refractivity contribution < 1.29 is 9.59 Å². The fourth-order valence-electron chi connectivity index (χ4n) is 3.35. The van der Waals surface area contributed by atoms with Crippen molar-refractivity contribution in [3.05, 3.63) is 29.5 Å². The molecule has 148 valence electrons. The van der Waals surface area contributed by atoms with Gasteiger partial charge in [0.2, 0.25) is 11.9 Å². The number of nitrogens with zero attached hydrogens (tertiary/aromatic N) is 6. The van der Waals surface area contributed by atoms with Gasteiger partial charge in [0.25, 0.3) is 5.91 Å². The van der Waals surface area contributed by atoms with Crippen LogP contribution in [0.25, 0.3) is 10.9 Å². The first-order chi connectivity index (χ1) is 14.0. The summed E-state index contributed by atoms with van der Waals surface area (Å²) >= 11 is 0. The molecule has 3 aromatic rings. The molecule has 1 fully saturated rings. The number of fused-ring (bicyclic) bond motifs is 2. The molecule has 0 saturated heterocycles. The number of carbonyl (C=O) groups excluding carboxylic acids is 2. The van der Waals surface area contributed by atoms with Crippen molar-refractivity contribution in [3.8, 4) is 0 Å². The van der Waals surface area contributed by atoms with Gasteiger partial charge in [-0.2, -0.15) is 5.10 Å². The van der Waals surface area contributed by atoms with Gasteiger partial charge in [-0.15, -0.1) is 0 Å². The molecule has 0 radical (unpaired) electrons. The van der Waals surface area contributed by atoms with Gasteiger partial charge in [0, 0.05) is 29.7 Å². The number of benzene rings is 1. The van der Waals surface area contributed by atoms with Gasteiger partial charge < -0.3 is 15.5 Å². The highest BCUT2D eigenvalue weighted by Gasteiger charge is 2.30. The Hall–Kier alpha value is -3.76. The maximum atomic E-state index is 12.9. The van der Waals surface area contributed by atoms with Crippen molar-refractivity contribution in [1.29, 1.82) is 0 Å². The lowest BCUT2D eigenvalue weighted by Gasteiger charge is -2.26. The van der Waals surface area contributed by atoms with Crippen LogP contribution >= 0.6 is 0 Å². The molecule has 29 heavy (non-hydrogen) atoms. The summed E-state index contributed by atoms with van der Waals surface area (Å²) in [5.41, 5.74) is 2.74. The zero-order valence-corrected chi connectivity index (χ0v) is 15.9. The summed E-state index contributed by atoms with van der Waals surface area (Å²) in [7, 11) is 1.82. The third-order valence-corrected chi connectivity index (χ3v) is 5.35. The number of amides is 2. The normalized spacial score (nSPS) is 16.1. The number of aromatic nitrogens is 6. The molecular weight excluding hydrogens is 374 g/mol. The molecule has 3 heterocycles. The number of rotatable bonds is 4. The SMILES string of the molecule is CC1=C(C(=O)Nc2ccc3[nH]nc(NC(=O)C4CC4)c3c2)Cn2nnnc2N1C. The van der Waals surface area contributed by atoms with Gasteiger partial charge in [-0.25, -0.2) is 4.68 Å². The van der Waals surface area contributed by atoms with E-state index >= 15 is 0 Å². The molecule has 0 atom stereocenters. The topological polar surface area (TPSA) is 134 Å². The van der Waals surface area contributed by atoms with E-state index in [1.807, 2.05) is 20.0 Å². The number of tetrazole rings is 1. The Kier molecular flexibility index (Phi) is 3.83. The van der Waals surface area contributed by atoms with Crippen molar-refractivity contribution in [2.45, 2.75) is 26.3 Å². The number of H-pyrrole nitrogens is 1. The lowest BCUT2D eigenvalue weighted by molar-refractivity contribution is -0.117. The fraction of sp³-hybridized carbons (Fsp3) is 0.333. The van der Waals surface area contributed by atoms with Crippen molar-refractivity contribution in [2.75, 3.05) is 22.6 Å². The number of allylic oxidation sites excluding steroid dienone is 1. The van der Waals surface area contributed by atoms with Gasteiger partial charge in [0.05, 0.1) is 17.6 Å². The standard InChI is InChI=1S/C18H19N9O2/c1-9-13(8-27-18(26(9)2)23-24-25-27)17(29)19-11-5-6-14-12(7-11)15(22-21-14)20-16(28)10-3-4-10/h5-7,10H,3-4,8H2,1-2H3,(H,19,29)(H2,20,21,22,28). The van der Waals surface area contributed by atoms with Crippen LogP contribution in [0, 0.1) is 5.92 Å². The molecule has 0 bridgehead atoms. The van der Waals surface area contributed by atoms with E-state index in [4.69, 9.17) is 0 Å². The largest absolute Gasteiger partial charge is 0.322 e. The first kappa shape index (κ1) is 17.3. The van der Waals surface area contributed by atoms with Crippen LogP contribution in [0.4, 0.5) is 17.5 Å². The number of aromatic amines is 1. The minimum atomic E-state index is -0.234. The summed E-state index contributed by atoms with van der Waals surface area (Å²) in [6.07, 6.45) is 1.84. The van der Waals surface area contributed by atoms with Crippen molar-refractivity contribution in [3.63, 3.8) is 0 Å². The van der Waals surface area contributed by atoms with Crippen LogP contribution in [0.1, 0.15) is 19.8 Å². The van der Waals surface area contributed by atoms with Crippen LogP contribution in [0.5, 0.6) is 0 Å². The molecule has 1 aliphatic heterocycles. The minimum Gasteiger partial charge on any atom is -0.322 e. The van der Waals surface area contributed by atoms with Crippen LogP contribution < -0.4 is 15.5 Å². The van der Waals surface area contributed by atoms with Gasteiger partial charge in [0.1, 0.15) is 0 Å². The Labute approximate surface area is 165 Å². The Morgan fingerprint density at radius 2 is 2.07 bits per heavy atom. The molecule has 2 aliphatic rings. The van der Waals surface area contributed by atoms with Gasteiger partial charge in [-0.05, 0) is 48.4 Å². The lowest BCUT2D eigenvalue weighted by Crippen LogP contribution is -2.32. The van der Waals surface area contributed by atoms with E-state index in [0.717, 1.165) is 29.4 Å². The number of hydrogen-bond donors (Lipinski definition) is 3. The Morgan fingerprint density at radius 1 is 1.24 bits per heavy atom. The van der Waals surface area contributed by atoms with E-state index in [9.17, 15) is 9.59 Å². The molecule has 3 N–H and O–H groups in total. The minimum absolute atomic E-state index is 0.0175. The summed E-state index contributed by atoms with van der Waals surface area (Å²) in [6.45, 7) is 2.15. The summed E-state index contributed by atoms with van der Waals surface area (Å²) in [5.74, 6) is 0.895. The smallest absolute Gasteiger partial charge is 0.255 e. The highest BCUT2D eigenvalue weighted by atomic mass is 16.2. The van der Waals surface area contributed by atoms with Crippen LogP contribution in [-0.4, -0.2) is 49.3 Å². The molecule has 1 aliphatic carbocycles. The average molecular weight is 393 g/mol. The van der Waals surface area contributed by atoms with E-state index < -0.39 is 0 Å². The highest BCUT2D eigenvalue weighted by molar-refractivity contribution is 6.07. The summed E-state index contributed by atoms with van der Waals surface area (Å²) in [4.78, 5) is 26.8. The van der Waals surface area contributed by atoms with Gasteiger partial charge in [-0.3, -0.25) is 14.7 Å². The summed E-state index contributed by atoms with van der Waals surface area (Å²) in [6, 6.07) is 5.40. The maximum absolute atomic E-state index is 12.9. The second-order valence-corrected chi connectivity index (χ2v) is 7.31. The van der Waals surface area contributed by atoms with Crippen molar-refractivity contribution in [2.24, 2.45) is 5.92 Å². The molecule has 2 aromatic heterocycles. The van der Waals surface area contributed by atoms with E-state index in [1.165, 1.54) is 0 Å². The summed E-state index contributed by atoms with van der Waals surface area (Å²) in [5, 5.41) is 25.2. The molecule has 11 heteroatoms. The zero-order chi connectivity index (χ0) is 20.1. The van der Waals surface area contributed by atoms with Crippen LogP contribution in [0.3, 0.4) is 0 Å². The van der Waals surface area contributed by atoms with E-state index in [-0.39, 0.29) is 17.7 Å². The molecule has 1 saturated carbocycles. The van der Waals surface area contributed by atoms with Crippen molar-refractivity contribution in [1.82, 2.24) is 30.4 Å². The van der Waals surface area contributed by atoms with E-state index in [2.05, 4.69) is 36.4 Å². The monoisotopic (exact) mass is 393 g/mol. The lowest BCUT2D eigenvalue weighted by atomic mass is 10.1. The molecule has 0 unspecified atom stereocenters. The quantitative estimate of drug-likeness (QED) is 0.607. The fourth-order valence-corrected chi connectivity index (χ4v) is 3.35. The third kappa shape index (κ3) is 3.00. The van der Waals surface area contributed by atoms with Gasteiger partial charge >= 0.3 is 0 Å². The molecule has 11 nitrogen and oxygen atoms in total. The van der Waals surface area contributed by atoms with Crippen LogP contribution in [0.2, 0.25) is 0 Å². The highest BCUT2D eigenvalue weighted by Crippen LogP contribution is 2.32. The Morgan fingerprint density at radius 3 is 2.86 bits per heavy atom. The second-order valence-electron chi connectivity index (χ2n) is 7.31. The van der Waals surface area contributed by atoms with E-state index in [0.29, 0.717) is 29.6 Å². The van der Waals surface area contributed by atoms with Gasteiger partial charge in [0.15, 0.2) is 5.82 Å². The first-order valence-electron chi connectivity index (χ1n) is 9.31. The number of anilines is 3. The van der Waals surface area contributed by atoms with Crippen molar-refractivity contribution >= 4 is 40.2 Å². The second kappa shape index (κ2) is 6.40. The zero-order valence-electron chi connectivity index (χ0n) is 15.9. The summed E-state index contributed by atoms with van der Waals surface area (Å²) < 4.78 is 1.58. The maximum Gasteiger partial charge on any atom is 0.255 e. The number of carbonyl (C=O) groups is 2. The molecular formula is C18H19N9O2. The average Bonchev–Trinajstić information content (AvgIpc) is 3.34. The van der Waals surface area contributed by atoms with Crippen LogP contribution in [-0.2, 0) is 16.1 Å². The first-order valence-corrected chi connectivity index (χ1v) is 9.31. The molecule has 0 spiro atoms. The molecule has 5 rings (SSSR count). The predicted octanol–water partition coefficient (Wildman–Crippen LogP) is 1.26. The number of nitrogens with one attached hydrogen (secondary N) is 3. The molecule has 1 aromatic carbocycles. The molecule has 2 amide bonds. The predicted molar refractivity (Wildman–Crippen MR) is 105 cm³/mol. The van der Waals surface area contributed by atoms with Gasteiger partial charge in [-0.1, -0.05) is 5.10 Å². The Balaban J connectivity index is 1.39. The number of hydrogen-bond acceptors (Lipinski definition) is 7. The van der Waals surface area contributed by atoms with E-state index in [1.54, 1.807) is 21.7 Å². The third-order valence-electron chi connectivity index (χ3n) is 5.35. The van der Waals surface area contributed by atoms with Crippen LogP contribution in [0.15, 0.2) is 29.5 Å². The Bertz CT molecular complexity index is 1170.